The Hall–Kier alpha value is -7.44. The van der Waals surface area contributed by atoms with Crippen LogP contribution in [-0.4, -0.2) is 65.1 Å². The highest BCUT2D eigenvalue weighted by Crippen LogP contribution is 2.35. The molecule has 0 bridgehead atoms. The zero-order chi connectivity index (χ0) is 48.8. The minimum Gasteiger partial charge on any atom is -0.494 e. The molecule has 0 saturated heterocycles. The fraction of sp³-hybridized carbons (Fsp3) is 0.224. The second kappa shape index (κ2) is 22.6. The lowest BCUT2D eigenvalue weighted by Crippen LogP contribution is -2.44. The molecule has 0 radical (unpaired) electrons. The first kappa shape index (κ1) is 50.6. The van der Waals surface area contributed by atoms with Crippen molar-refractivity contribution in [3.05, 3.63) is 155 Å². The number of hydrogen-bond donors (Lipinski definition) is 4. The number of ether oxygens (including phenoxy) is 4. The molecular weight excluding hydrogens is 891 g/mol. The lowest BCUT2D eigenvalue weighted by molar-refractivity contribution is -0.187. The van der Waals surface area contributed by atoms with E-state index in [9.17, 15) is 55.7 Å². The predicted octanol–water partition coefficient (Wildman–Crippen LogP) is 9.45. The Morgan fingerprint density at radius 1 is 0.552 bits per heavy atom. The Morgan fingerprint density at radius 3 is 1.34 bits per heavy atom. The summed E-state index contributed by atoms with van der Waals surface area (Å²) in [6.45, 7) is -0.288. The second-order valence-corrected chi connectivity index (χ2v) is 15.0. The number of alkyl halides is 6. The summed E-state index contributed by atoms with van der Waals surface area (Å²) in [7, 11) is 0. The van der Waals surface area contributed by atoms with Gasteiger partial charge in [0.05, 0.1) is 30.3 Å². The quantitative estimate of drug-likeness (QED) is 0.0104. The maximum atomic E-state index is 13.4. The minimum absolute atomic E-state index is 0.0860. The number of nitrogens with two attached hydrogens (primary N) is 2. The van der Waals surface area contributed by atoms with Gasteiger partial charge in [0.25, 0.3) is 0 Å². The van der Waals surface area contributed by atoms with Gasteiger partial charge in [-0.1, -0.05) is 36.4 Å². The van der Waals surface area contributed by atoms with E-state index in [0.29, 0.717) is 22.6 Å². The van der Waals surface area contributed by atoms with Gasteiger partial charge in [-0.25, -0.2) is 9.59 Å². The summed E-state index contributed by atoms with van der Waals surface area (Å²) >= 11 is 0. The summed E-state index contributed by atoms with van der Waals surface area (Å²) in [5.74, 6) is -7.10. The van der Waals surface area contributed by atoms with Crippen LogP contribution in [-0.2, 0) is 9.59 Å². The minimum atomic E-state index is -4.28. The molecule has 0 fully saturated rings. The first-order valence-corrected chi connectivity index (χ1v) is 20.4. The Morgan fingerprint density at radius 2 is 0.940 bits per heavy atom. The molecule has 0 amide bonds. The zero-order valence-corrected chi connectivity index (χ0v) is 35.4. The molecule has 5 aromatic carbocycles. The number of carbonyl (C=O) groups excluding carboxylic acids is 4. The van der Waals surface area contributed by atoms with Gasteiger partial charge in [0, 0.05) is 30.6 Å². The van der Waals surface area contributed by atoms with Gasteiger partial charge in [0.2, 0.25) is 11.6 Å². The van der Waals surface area contributed by atoms with E-state index < -0.39 is 66.8 Å². The van der Waals surface area contributed by atoms with Crippen molar-refractivity contribution in [2.75, 3.05) is 24.7 Å². The first-order chi connectivity index (χ1) is 31.6. The lowest BCUT2D eigenvalue weighted by atomic mass is 9.83. The number of aliphatic hydroxyl groups is 2. The molecule has 1 atom stereocenters. The van der Waals surface area contributed by atoms with Gasteiger partial charge < -0.3 is 40.6 Å². The summed E-state index contributed by atoms with van der Waals surface area (Å²) in [5.41, 5.74) is 13.4. The molecule has 5 aromatic rings. The molecule has 0 aromatic heterocycles. The van der Waals surface area contributed by atoms with Crippen LogP contribution in [0.3, 0.4) is 0 Å². The van der Waals surface area contributed by atoms with Crippen molar-refractivity contribution in [1.29, 1.82) is 0 Å². The average Bonchev–Trinajstić information content (AvgIpc) is 3.27. The van der Waals surface area contributed by atoms with Gasteiger partial charge in [0.1, 0.15) is 23.0 Å². The standard InChI is InChI=1S/C49H44F6N2O10/c50-47(51,52)23-1-25-64-39-14-18-41(19-15-39)66-45(60)33-9-3-31(4-10-33)7-13-38(58)30-43(35-27-36(56)29-37(57)28-35)49(62,63)44(59)22-8-32-5-11-34(12-6-32)46(61)67-42-20-16-40(17-21-42)65-26-2-24-48(53,54)55/h3-22,27-29,43,62-63H,1-2,23-26,30,56-57H2/b13-7+,22-8+. The number of halogens is 6. The molecule has 6 N–H and O–H groups in total. The van der Waals surface area contributed by atoms with E-state index in [1.165, 1.54) is 127 Å². The third kappa shape index (κ3) is 16.5. The molecular formula is C49H44F6N2O10. The largest absolute Gasteiger partial charge is 0.494 e. The molecule has 67 heavy (non-hydrogen) atoms. The van der Waals surface area contributed by atoms with Crippen molar-refractivity contribution in [1.82, 2.24) is 0 Å². The van der Waals surface area contributed by atoms with Crippen LogP contribution in [0, 0.1) is 0 Å². The number of anilines is 2. The summed E-state index contributed by atoms with van der Waals surface area (Å²) < 4.78 is 95.3. The van der Waals surface area contributed by atoms with Gasteiger partial charge in [-0.3, -0.25) is 9.59 Å². The zero-order valence-electron chi connectivity index (χ0n) is 35.4. The van der Waals surface area contributed by atoms with Gasteiger partial charge in [0.15, 0.2) is 5.78 Å². The maximum absolute atomic E-state index is 13.4. The third-order valence-electron chi connectivity index (χ3n) is 9.65. The van der Waals surface area contributed by atoms with Crippen molar-refractivity contribution in [2.45, 2.75) is 56.2 Å². The molecule has 1 unspecified atom stereocenters. The number of hydrogen-bond acceptors (Lipinski definition) is 12. The van der Waals surface area contributed by atoms with E-state index in [2.05, 4.69) is 0 Å². The van der Waals surface area contributed by atoms with Crippen LogP contribution in [0.5, 0.6) is 23.0 Å². The average molecular weight is 935 g/mol. The molecule has 0 aliphatic heterocycles. The molecule has 0 aliphatic rings. The molecule has 12 nitrogen and oxygen atoms in total. The fourth-order valence-corrected chi connectivity index (χ4v) is 6.25. The van der Waals surface area contributed by atoms with Crippen molar-refractivity contribution >= 4 is 47.0 Å². The number of nitrogen functional groups attached to an aromatic ring is 2. The van der Waals surface area contributed by atoms with Crippen LogP contribution in [0.15, 0.2) is 127 Å². The summed E-state index contributed by atoms with van der Waals surface area (Å²) in [6, 6.07) is 27.2. The smallest absolute Gasteiger partial charge is 0.389 e. The van der Waals surface area contributed by atoms with E-state index in [1.807, 2.05) is 0 Å². The van der Waals surface area contributed by atoms with Crippen LogP contribution >= 0.6 is 0 Å². The van der Waals surface area contributed by atoms with Crippen molar-refractivity contribution in [3.8, 4) is 23.0 Å². The van der Waals surface area contributed by atoms with Gasteiger partial charge in [-0.15, -0.1) is 0 Å². The van der Waals surface area contributed by atoms with Gasteiger partial charge >= 0.3 is 24.3 Å². The third-order valence-corrected chi connectivity index (χ3v) is 9.65. The maximum Gasteiger partial charge on any atom is 0.389 e. The molecule has 18 heteroatoms. The molecule has 0 heterocycles. The van der Waals surface area contributed by atoms with Crippen LogP contribution in [0.1, 0.15) is 75.4 Å². The Bertz CT molecular complexity index is 2520. The molecule has 0 saturated carbocycles. The van der Waals surface area contributed by atoms with E-state index in [0.717, 1.165) is 12.2 Å². The molecule has 5 rings (SSSR count). The number of carbonyl (C=O) groups is 4. The van der Waals surface area contributed by atoms with Crippen molar-refractivity contribution in [3.63, 3.8) is 0 Å². The van der Waals surface area contributed by atoms with Crippen LogP contribution in [0.25, 0.3) is 12.2 Å². The number of benzene rings is 5. The summed E-state index contributed by atoms with van der Waals surface area (Å²) in [4.78, 5) is 52.2. The number of allylic oxidation sites excluding steroid dienone is 1. The van der Waals surface area contributed by atoms with Crippen molar-refractivity contribution < 1.29 is 74.7 Å². The second-order valence-electron chi connectivity index (χ2n) is 15.0. The van der Waals surface area contributed by atoms with E-state index in [4.69, 9.17) is 30.4 Å². The van der Waals surface area contributed by atoms with E-state index in [1.54, 1.807) is 0 Å². The van der Waals surface area contributed by atoms with Crippen LogP contribution in [0.4, 0.5) is 37.7 Å². The Balaban J connectivity index is 1.17. The number of rotatable bonds is 21. The van der Waals surface area contributed by atoms with E-state index in [-0.39, 0.29) is 65.6 Å². The van der Waals surface area contributed by atoms with E-state index >= 15 is 0 Å². The number of ketones is 2. The molecule has 0 spiro atoms. The summed E-state index contributed by atoms with van der Waals surface area (Å²) in [6.07, 6.45) is -6.79. The van der Waals surface area contributed by atoms with Crippen LogP contribution in [0.2, 0.25) is 0 Å². The number of esters is 2. The topological polar surface area (TPSA) is 198 Å². The predicted molar refractivity (Wildman–Crippen MR) is 235 cm³/mol. The normalized spacial score (nSPS) is 12.5. The monoisotopic (exact) mass is 934 g/mol. The fourth-order valence-electron chi connectivity index (χ4n) is 6.25. The summed E-state index contributed by atoms with van der Waals surface area (Å²) in [5, 5.41) is 22.6. The molecule has 0 aliphatic carbocycles. The first-order valence-electron chi connectivity index (χ1n) is 20.4. The van der Waals surface area contributed by atoms with Crippen LogP contribution < -0.4 is 30.4 Å². The highest BCUT2D eigenvalue weighted by Gasteiger charge is 2.42. The van der Waals surface area contributed by atoms with Crippen molar-refractivity contribution in [2.24, 2.45) is 0 Å². The SMILES string of the molecule is Nc1cc(N)cc(C(CC(=O)/C=C/c2ccc(C(=O)Oc3ccc(OCCCC(F)(F)F)cc3)cc2)C(O)(O)C(=O)/C=C/c2ccc(C(=O)Oc3ccc(OCCCC(F)(F)F)cc3)cc2)c1. The Labute approximate surface area is 380 Å². The lowest BCUT2D eigenvalue weighted by Gasteiger charge is -2.29. The highest BCUT2D eigenvalue weighted by molar-refractivity contribution is 6.01. The highest BCUT2D eigenvalue weighted by atomic mass is 19.4. The van der Waals surface area contributed by atoms with Gasteiger partial charge in [-0.2, -0.15) is 26.3 Å². The Kier molecular flexibility index (Phi) is 17.1. The molecule has 352 valence electrons. The van der Waals surface area contributed by atoms with Gasteiger partial charge in [-0.05, 0) is 133 Å².